The van der Waals surface area contributed by atoms with Crippen molar-refractivity contribution in [2.45, 2.75) is 45.3 Å². The Bertz CT molecular complexity index is 593. The van der Waals surface area contributed by atoms with E-state index in [0.717, 1.165) is 32.0 Å². The molecule has 0 radical (unpaired) electrons. The summed E-state index contributed by atoms with van der Waals surface area (Å²) in [4.78, 5) is 14.4. The summed E-state index contributed by atoms with van der Waals surface area (Å²) in [7, 11) is 0. The quantitative estimate of drug-likeness (QED) is 0.814. The van der Waals surface area contributed by atoms with Gasteiger partial charge in [-0.05, 0) is 63.4 Å². The predicted molar refractivity (Wildman–Crippen MR) is 87.5 cm³/mol. The Hall–Kier alpha value is -1.63. The summed E-state index contributed by atoms with van der Waals surface area (Å²) < 4.78 is 51.4. The molecule has 0 saturated carbocycles. The topological polar surface area (TPSA) is 32.3 Å². The van der Waals surface area contributed by atoms with Crippen molar-refractivity contribution in [1.82, 2.24) is 10.2 Å². The van der Waals surface area contributed by atoms with Crippen molar-refractivity contribution >= 4 is 5.91 Å². The van der Waals surface area contributed by atoms with Crippen LogP contribution in [0, 0.1) is 11.7 Å². The van der Waals surface area contributed by atoms with Crippen LogP contribution in [0.15, 0.2) is 18.2 Å². The highest BCUT2D eigenvalue weighted by molar-refractivity contribution is 5.78. The number of hydrogen-bond acceptors (Lipinski definition) is 2. The minimum Gasteiger partial charge on any atom is -0.356 e. The monoisotopic (exact) mass is 360 g/mol. The number of piperidine rings is 1. The van der Waals surface area contributed by atoms with Crippen molar-refractivity contribution in [2.75, 3.05) is 19.6 Å². The first-order valence-electron chi connectivity index (χ1n) is 8.53. The number of likely N-dealkylation sites (tertiary alicyclic amines) is 1. The molecule has 0 bridgehead atoms. The maximum absolute atomic E-state index is 13.3. The lowest BCUT2D eigenvalue weighted by atomic mass is 9.96. The van der Waals surface area contributed by atoms with E-state index in [-0.39, 0.29) is 17.9 Å². The molecule has 0 spiro atoms. The van der Waals surface area contributed by atoms with E-state index in [4.69, 9.17) is 0 Å². The Morgan fingerprint density at radius 2 is 1.92 bits per heavy atom. The van der Waals surface area contributed by atoms with Gasteiger partial charge in [0.25, 0.3) is 0 Å². The van der Waals surface area contributed by atoms with Gasteiger partial charge in [0, 0.05) is 12.6 Å². The molecule has 7 heteroatoms. The van der Waals surface area contributed by atoms with Crippen LogP contribution in [0.3, 0.4) is 0 Å². The fourth-order valence-electron chi connectivity index (χ4n) is 3.08. The second-order valence-electron chi connectivity index (χ2n) is 6.87. The molecule has 1 aromatic rings. The van der Waals surface area contributed by atoms with Gasteiger partial charge in [-0.15, -0.1) is 0 Å². The van der Waals surface area contributed by atoms with Crippen LogP contribution in [-0.4, -0.2) is 36.5 Å². The standard InChI is InChI=1S/C18H24F4N2O/c1-12(2)24-7-5-13(6-8-24)11-23-17(25)10-14-3-4-16(19)15(9-14)18(20,21)22/h3-4,9,12-13H,5-8,10-11H2,1-2H3,(H,23,25). The Kier molecular flexibility index (Phi) is 6.43. The van der Waals surface area contributed by atoms with Gasteiger partial charge >= 0.3 is 6.18 Å². The number of halogens is 4. The lowest BCUT2D eigenvalue weighted by Gasteiger charge is -2.34. The zero-order valence-corrected chi connectivity index (χ0v) is 14.5. The minimum atomic E-state index is -4.76. The number of hydrogen-bond donors (Lipinski definition) is 1. The average molecular weight is 360 g/mol. The smallest absolute Gasteiger partial charge is 0.356 e. The summed E-state index contributed by atoms with van der Waals surface area (Å²) in [5.41, 5.74) is -1.18. The molecular weight excluding hydrogens is 336 g/mol. The van der Waals surface area contributed by atoms with Gasteiger partial charge in [0.1, 0.15) is 5.82 Å². The number of amides is 1. The van der Waals surface area contributed by atoms with E-state index >= 15 is 0 Å². The van der Waals surface area contributed by atoms with Gasteiger partial charge in [0.15, 0.2) is 0 Å². The van der Waals surface area contributed by atoms with Crippen LogP contribution >= 0.6 is 0 Å². The largest absolute Gasteiger partial charge is 0.419 e. The first-order chi connectivity index (χ1) is 11.7. The second kappa shape index (κ2) is 8.17. The van der Waals surface area contributed by atoms with Gasteiger partial charge in [0.05, 0.1) is 12.0 Å². The van der Waals surface area contributed by atoms with Crippen LogP contribution in [0.2, 0.25) is 0 Å². The number of carbonyl (C=O) groups excluding carboxylic acids is 1. The molecular formula is C18H24F4N2O. The molecule has 1 fully saturated rings. The van der Waals surface area contributed by atoms with Crippen LogP contribution in [0.25, 0.3) is 0 Å². The van der Waals surface area contributed by atoms with Crippen LogP contribution in [0.1, 0.15) is 37.8 Å². The van der Waals surface area contributed by atoms with Crippen molar-refractivity contribution in [3.63, 3.8) is 0 Å². The van der Waals surface area contributed by atoms with Crippen molar-refractivity contribution in [3.8, 4) is 0 Å². The lowest BCUT2D eigenvalue weighted by molar-refractivity contribution is -0.140. The van der Waals surface area contributed by atoms with E-state index in [1.807, 2.05) is 0 Å². The molecule has 0 aromatic heterocycles. The molecule has 2 rings (SSSR count). The van der Waals surface area contributed by atoms with E-state index in [2.05, 4.69) is 24.1 Å². The van der Waals surface area contributed by atoms with Gasteiger partial charge < -0.3 is 10.2 Å². The second-order valence-corrected chi connectivity index (χ2v) is 6.87. The molecule has 3 nitrogen and oxygen atoms in total. The summed E-state index contributed by atoms with van der Waals surface area (Å²) in [5.74, 6) is -1.28. The highest BCUT2D eigenvalue weighted by atomic mass is 19.4. The molecule has 1 aromatic carbocycles. The summed E-state index contributed by atoms with van der Waals surface area (Å²) in [5, 5.41) is 2.79. The zero-order valence-electron chi connectivity index (χ0n) is 14.5. The number of nitrogens with one attached hydrogen (secondary N) is 1. The number of carbonyl (C=O) groups is 1. The molecule has 1 amide bonds. The Balaban J connectivity index is 1.83. The van der Waals surface area contributed by atoms with Crippen LogP contribution in [0.5, 0.6) is 0 Å². The number of rotatable bonds is 5. The number of benzene rings is 1. The Labute approximate surface area is 145 Å². The van der Waals surface area contributed by atoms with E-state index < -0.39 is 17.6 Å². The first kappa shape index (κ1) is 19.7. The SMILES string of the molecule is CC(C)N1CCC(CNC(=O)Cc2ccc(F)c(C(F)(F)F)c2)CC1. The van der Waals surface area contributed by atoms with Gasteiger partial charge in [-0.3, -0.25) is 4.79 Å². The van der Waals surface area contributed by atoms with Gasteiger partial charge in [-0.1, -0.05) is 6.07 Å². The third kappa shape index (κ3) is 5.70. The summed E-state index contributed by atoms with van der Waals surface area (Å²) >= 11 is 0. The molecule has 25 heavy (non-hydrogen) atoms. The molecule has 1 N–H and O–H groups in total. The van der Waals surface area contributed by atoms with E-state index in [1.165, 1.54) is 6.07 Å². The average Bonchev–Trinajstić information content (AvgIpc) is 2.54. The van der Waals surface area contributed by atoms with Crippen LogP contribution < -0.4 is 5.32 Å². The summed E-state index contributed by atoms with van der Waals surface area (Å²) in [6.45, 7) is 6.81. The Morgan fingerprint density at radius 3 is 2.48 bits per heavy atom. The summed E-state index contributed by atoms with van der Waals surface area (Å²) in [6, 6.07) is 3.19. The highest BCUT2D eigenvalue weighted by Crippen LogP contribution is 2.32. The van der Waals surface area contributed by atoms with Gasteiger partial charge in [-0.25, -0.2) is 4.39 Å². The zero-order chi connectivity index (χ0) is 18.6. The Morgan fingerprint density at radius 1 is 1.28 bits per heavy atom. The first-order valence-corrected chi connectivity index (χ1v) is 8.53. The molecule has 1 aliphatic heterocycles. The molecule has 1 saturated heterocycles. The van der Waals surface area contributed by atoms with Crippen molar-refractivity contribution < 1.29 is 22.4 Å². The van der Waals surface area contributed by atoms with E-state index in [9.17, 15) is 22.4 Å². The maximum Gasteiger partial charge on any atom is 0.419 e. The number of nitrogens with zero attached hydrogens (tertiary/aromatic N) is 1. The normalized spacial score (nSPS) is 17.1. The third-order valence-corrected chi connectivity index (χ3v) is 4.67. The van der Waals surface area contributed by atoms with Crippen LogP contribution in [-0.2, 0) is 17.4 Å². The number of alkyl halides is 3. The predicted octanol–water partition coefficient (Wildman–Crippen LogP) is 3.62. The summed E-state index contributed by atoms with van der Waals surface area (Å²) in [6.07, 6.45) is -2.96. The molecule has 0 aliphatic carbocycles. The fraction of sp³-hybridized carbons (Fsp3) is 0.611. The van der Waals surface area contributed by atoms with Crippen molar-refractivity contribution in [1.29, 1.82) is 0 Å². The van der Waals surface area contributed by atoms with Gasteiger partial charge in [-0.2, -0.15) is 13.2 Å². The lowest BCUT2D eigenvalue weighted by Crippen LogP contribution is -2.41. The van der Waals surface area contributed by atoms with Crippen molar-refractivity contribution in [3.05, 3.63) is 35.1 Å². The molecule has 1 aliphatic rings. The highest BCUT2D eigenvalue weighted by Gasteiger charge is 2.34. The maximum atomic E-state index is 13.3. The molecule has 0 unspecified atom stereocenters. The van der Waals surface area contributed by atoms with Gasteiger partial charge in [0.2, 0.25) is 5.91 Å². The molecule has 1 heterocycles. The molecule has 0 atom stereocenters. The third-order valence-electron chi connectivity index (χ3n) is 4.67. The minimum absolute atomic E-state index is 0.154. The van der Waals surface area contributed by atoms with E-state index in [1.54, 1.807) is 0 Å². The fourth-order valence-corrected chi connectivity index (χ4v) is 3.08. The molecule has 140 valence electrons. The van der Waals surface area contributed by atoms with E-state index in [0.29, 0.717) is 24.6 Å². The van der Waals surface area contributed by atoms with Crippen molar-refractivity contribution in [2.24, 2.45) is 5.92 Å². The van der Waals surface area contributed by atoms with Crippen LogP contribution in [0.4, 0.5) is 17.6 Å².